The molecule has 0 spiro atoms. The maximum Gasteiger partial charge on any atom is 0.301 e. The van der Waals surface area contributed by atoms with E-state index in [1.165, 1.54) is 4.80 Å². The third-order valence-corrected chi connectivity index (χ3v) is 3.86. The molecule has 1 aliphatic heterocycles. The molecule has 0 radical (unpaired) electrons. The highest BCUT2D eigenvalue weighted by Crippen LogP contribution is 2.31. The van der Waals surface area contributed by atoms with Crippen molar-refractivity contribution in [2.45, 2.75) is 25.3 Å². The fourth-order valence-corrected chi connectivity index (χ4v) is 2.85. The molecule has 1 aromatic heterocycles. The lowest BCUT2D eigenvalue weighted by molar-refractivity contribution is 0.139. The second-order valence-corrected chi connectivity index (χ2v) is 5.21. The Morgan fingerprint density at radius 1 is 1.14 bits per heavy atom. The van der Waals surface area contributed by atoms with Crippen LogP contribution in [0.1, 0.15) is 36.7 Å². The van der Waals surface area contributed by atoms with Gasteiger partial charge in [0.05, 0.1) is 0 Å². The number of hydrogen-bond donors (Lipinski definition) is 1. The summed E-state index contributed by atoms with van der Waals surface area (Å²) < 4.78 is 25.4. The van der Waals surface area contributed by atoms with Crippen LogP contribution in [0.4, 0.5) is 8.78 Å². The highest BCUT2D eigenvalue weighted by molar-refractivity contribution is 5.20. The van der Waals surface area contributed by atoms with E-state index in [9.17, 15) is 8.78 Å². The summed E-state index contributed by atoms with van der Waals surface area (Å²) in [5.74, 6) is -0.196. The van der Waals surface area contributed by atoms with Crippen molar-refractivity contribution < 1.29 is 8.78 Å². The smallest absolute Gasteiger partial charge is 0.301 e. The zero-order valence-corrected chi connectivity index (χ0v) is 11.5. The fourth-order valence-electron chi connectivity index (χ4n) is 2.85. The van der Waals surface area contributed by atoms with Crippen molar-refractivity contribution in [1.29, 1.82) is 0 Å². The van der Waals surface area contributed by atoms with Crippen LogP contribution in [0.2, 0.25) is 0 Å². The molecule has 1 atom stereocenters. The van der Waals surface area contributed by atoms with Crippen LogP contribution in [0.5, 0.6) is 0 Å². The second-order valence-electron chi connectivity index (χ2n) is 5.21. The Bertz CT molecular complexity index is 566. The minimum Gasteiger partial charge on any atom is -0.317 e. The van der Waals surface area contributed by atoms with Crippen LogP contribution in [0.25, 0.3) is 0 Å². The van der Waals surface area contributed by atoms with Gasteiger partial charge in [0.1, 0.15) is 6.04 Å². The summed E-state index contributed by atoms with van der Waals surface area (Å²) in [6.45, 7) is 1.84. The van der Waals surface area contributed by atoms with E-state index in [0.717, 1.165) is 31.5 Å². The Balaban J connectivity index is 1.94. The van der Waals surface area contributed by atoms with Gasteiger partial charge in [0.15, 0.2) is 0 Å². The van der Waals surface area contributed by atoms with Gasteiger partial charge in [-0.05, 0) is 42.6 Å². The molecule has 3 rings (SSSR count). The molecular formula is C14H17F2N5. The van der Waals surface area contributed by atoms with Gasteiger partial charge in [-0.1, -0.05) is 30.3 Å². The van der Waals surface area contributed by atoms with Crippen molar-refractivity contribution in [2.24, 2.45) is 5.92 Å². The summed E-state index contributed by atoms with van der Waals surface area (Å²) in [5.41, 5.74) is 1.03. The van der Waals surface area contributed by atoms with E-state index in [-0.39, 0.29) is 6.04 Å². The molecule has 0 saturated carbocycles. The minimum absolute atomic E-state index is 0.145. The second kappa shape index (κ2) is 6.26. The molecule has 1 aliphatic rings. The van der Waals surface area contributed by atoms with Crippen molar-refractivity contribution in [3.8, 4) is 0 Å². The molecule has 2 aromatic rings. The number of nitrogens with one attached hydrogen (secondary N) is 1. The lowest BCUT2D eigenvalue weighted by Crippen LogP contribution is -2.34. The zero-order valence-electron chi connectivity index (χ0n) is 11.5. The fraction of sp³-hybridized carbons (Fsp3) is 0.500. The molecule has 0 bridgehead atoms. The molecule has 1 N–H and O–H groups in total. The van der Waals surface area contributed by atoms with E-state index >= 15 is 0 Å². The topological polar surface area (TPSA) is 55.6 Å². The lowest BCUT2D eigenvalue weighted by atomic mass is 9.86. The molecule has 0 aliphatic carbocycles. The van der Waals surface area contributed by atoms with Crippen LogP contribution in [0.15, 0.2) is 30.3 Å². The first-order chi connectivity index (χ1) is 10.3. The van der Waals surface area contributed by atoms with E-state index in [2.05, 4.69) is 20.7 Å². The molecular weight excluding hydrogens is 276 g/mol. The monoisotopic (exact) mass is 293 g/mol. The van der Waals surface area contributed by atoms with Crippen molar-refractivity contribution in [2.75, 3.05) is 13.1 Å². The Kier molecular flexibility index (Phi) is 4.19. The van der Waals surface area contributed by atoms with Crippen LogP contribution in [0, 0.1) is 5.92 Å². The Morgan fingerprint density at radius 3 is 2.48 bits per heavy atom. The zero-order chi connectivity index (χ0) is 14.7. The highest BCUT2D eigenvalue weighted by atomic mass is 19.3. The molecule has 5 nitrogen and oxygen atoms in total. The molecule has 0 unspecified atom stereocenters. The summed E-state index contributed by atoms with van der Waals surface area (Å²) in [7, 11) is 0. The van der Waals surface area contributed by atoms with E-state index < -0.39 is 12.2 Å². The van der Waals surface area contributed by atoms with Gasteiger partial charge in [0.2, 0.25) is 5.82 Å². The number of rotatable bonds is 4. The molecule has 0 amide bonds. The van der Waals surface area contributed by atoms with E-state index in [1.54, 1.807) is 0 Å². The van der Waals surface area contributed by atoms with Gasteiger partial charge in [0, 0.05) is 0 Å². The predicted octanol–water partition coefficient (Wildman–Crippen LogP) is 2.20. The summed E-state index contributed by atoms with van der Waals surface area (Å²) in [6, 6.07) is 9.63. The van der Waals surface area contributed by atoms with E-state index in [0.29, 0.717) is 5.92 Å². The number of aromatic nitrogens is 4. The molecule has 2 heterocycles. The SMILES string of the molecule is FC(F)c1nnn([C@@H](c2ccccc2)C2CCNCC2)n1. The van der Waals surface area contributed by atoms with Gasteiger partial charge in [-0.3, -0.25) is 0 Å². The highest BCUT2D eigenvalue weighted by Gasteiger charge is 2.29. The van der Waals surface area contributed by atoms with Crippen LogP contribution in [-0.2, 0) is 0 Å². The van der Waals surface area contributed by atoms with Crippen molar-refractivity contribution in [3.63, 3.8) is 0 Å². The van der Waals surface area contributed by atoms with Crippen LogP contribution in [-0.4, -0.2) is 33.3 Å². The van der Waals surface area contributed by atoms with Crippen molar-refractivity contribution in [1.82, 2.24) is 25.5 Å². The van der Waals surface area contributed by atoms with E-state index in [4.69, 9.17) is 0 Å². The predicted molar refractivity (Wildman–Crippen MR) is 72.9 cm³/mol. The molecule has 1 saturated heterocycles. The standard InChI is InChI=1S/C14H17F2N5/c15-13(16)14-18-20-21(19-14)12(10-4-2-1-3-5-10)11-6-8-17-9-7-11/h1-5,11-13,17H,6-9H2/t12-/m0/s1. The molecule has 1 aromatic carbocycles. The molecule has 1 fully saturated rings. The number of piperidine rings is 1. The molecule has 21 heavy (non-hydrogen) atoms. The van der Waals surface area contributed by atoms with Gasteiger partial charge >= 0.3 is 6.43 Å². The third kappa shape index (κ3) is 3.07. The summed E-state index contributed by atoms with van der Waals surface area (Å²) in [5, 5.41) is 14.5. The van der Waals surface area contributed by atoms with E-state index in [1.807, 2.05) is 30.3 Å². The van der Waals surface area contributed by atoms with Gasteiger partial charge in [-0.2, -0.15) is 4.80 Å². The first-order valence-electron chi connectivity index (χ1n) is 7.09. The number of halogens is 2. The van der Waals surface area contributed by atoms with Crippen LogP contribution in [0.3, 0.4) is 0 Å². The first kappa shape index (κ1) is 14.1. The molecule has 112 valence electrons. The summed E-state index contributed by atoms with van der Waals surface area (Å²) in [4.78, 5) is 1.35. The average Bonchev–Trinajstić information content (AvgIpc) is 3.00. The van der Waals surface area contributed by atoms with Crippen LogP contribution >= 0.6 is 0 Å². The number of benzene rings is 1. The first-order valence-corrected chi connectivity index (χ1v) is 7.09. The molecule has 7 heteroatoms. The third-order valence-electron chi connectivity index (χ3n) is 3.86. The van der Waals surface area contributed by atoms with Crippen molar-refractivity contribution in [3.05, 3.63) is 41.7 Å². The Hall–Kier alpha value is -1.89. The lowest BCUT2D eigenvalue weighted by Gasteiger charge is -2.30. The Labute approximate surface area is 121 Å². The normalized spacial score (nSPS) is 18.0. The Morgan fingerprint density at radius 2 is 1.86 bits per heavy atom. The number of alkyl halides is 2. The maximum atomic E-state index is 12.7. The van der Waals surface area contributed by atoms with Gasteiger partial charge < -0.3 is 5.32 Å². The summed E-state index contributed by atoms with van der Waals surface area (Å²) >= 11 is 0. The largest absolute Gasteiger partial charge is 0.317 e. The van der Waals surface area contributed by atoms with Gasteiger partial charge in [0.25, 0.3) is 0 Å². The maximum absolute atomic E-state index is 12.7. The average molecular weight is 293 g/mol. The summed E-state index contributed by atoms with van der Waals surface area (Å²) in [6.07, 6.45) is -0.765. The number of tetrazole rings is 1. The van der Waals surface area contributed by atoms with Crippen molar-refractivity contribution >= 4 is 0 Å². The van der Waals surface area contributed by atoms with Gasteiger partial charge in [-0.25, -0.2) is 8.78 Å². The van der Waals surface area contributed by atoms with Gasteiger partial charge in [-0.15, -0.1) is 10.2 Å². The number of hydrogen-bond acceptors (Lipinski definition) is 4. The van der Waals surface area contributed by atoms with Crippen LogP contribution < -0.4 is 5.32 Å². The quantitative estimate of drug-likeness (QED) is 0.939. The number of nitrogens with zero attached hydrogens (tertiary/aromatic N) is 4. The minimum atomic E-state index is -2.69.